The number of hydrogen-bond acceptors (Lipinski definition) is 6. The molecular weight excluding hydrogens is 464 g/mol. The minimum absolute atomic E-state index is 0.368. The van der Waals surface area contributed by atoms with Crippen molar-refractivity contribution in [3.05, 3.63) is 117 Å². The van der Waals surface area contributed by atoms with Crippen LogP contribution in [0.5, 0.6) is 11.6 Å². The zero-order valence-electron chi connectivity index (χ0n) is 18.1. The predicted octanol–water partition coefficient (Wildman–Crippen LogP) is 5.84. The van der Waals surface area contributed by atoms with Crippen LogP contribution in [0, 0.1) is 0 Å². The minimum atomic E-state index is -0.545. The van der Waals surface area contributed by atoms with E-state index in [4.69, 9.17) is 25.7 Å². The summed E-state index contributed by atoms with van der Waals surface area (Å²) in [4.78, 5) is 22.8. The summed E-state index contributed by atoms with van der Waals surface area (Å²) in [7, 11) is 0. The molecule has 0 fully saturated rings. The monoisotopic (exact) mass is 478 g/mol. The van der Waals surface area contributed by atoms with Crippen molar-refractivity contribution in [3.8, 4) is 23.0 Å². The van der Waals surface area contributed by atoms with Gasteiger partial charge in [-0.05, 0) is 29.8 Å². The number of fused-ring (bicyclic) bond motifs is 6. The molecular formula is C27H15ClN4O3. The van der Waals surface area contributed by atoms with E-state index >= 15 is 0 Å². The first kappa shape index (κ1) is 19.9. The van der Waals surface area contributed by atoms with Gasteiger partial charge >= 0.3 is 5.63 Å². The zero-order valence-corrected chi connectivity index (χ0v) is 18.8. The first-order chi connectivity index (χ1) is 17.2. The standard InChI is InChI=1S/C27H15ClN4O3/c28-17-12-10-15(11-13-17)20-21-23(18-8-4-5-9-19(18)34-27(21)33)35-26-22(20)25-30-24(31-32(25)14-29-26)16-6-2-1-3-7-16/h1-14,20H. The molecule has 0 spiro atoms. The topological polar surface area (TPSA) is 82.5 Å². The summed E-state index contributed by atoms with van der Waals surface area (Å²) in [5.74, 6) is 0.805. The summed E-state index contributed by atoms with van der Waals surface area (Å²) in [6.45, 7) is 0. The van der Waals surface area contributed by atoms with Crippen molar-refractivity contribution in [1.82, 2.24) is 19.6 Å². The quantitative estimate of drug-likeness (QED) is 0.290. The number of nitrogens with zero attached hydrogens (tertiary/aromatic N) is 4. The molecule has 1 aliphatic heterocycles. The van der Waals surface area contributed by atoms with Gasteiger partial charge in [-0.25, -0.2) is 19.3 Å². The molecule has 0 amide bonds. The van der Waals surface area contributed by atoms with E-state index in [9.17, 15) is 4.79 Å². The normalized spacial score (nSPS) is 14.5. The highest BCUT2D eigenvalue weighted by molar-refractivity contribution is 6.30. The van der Waals surface area contributed by atoms with Gasteiger partial charge in [0.15, 0.2) is 17.2 Å². The van der Waals surface area contributed by atoms with Crippen LogP contribution in [-0.2, 0) is 0 Å². The number of ether oxygens (including phenoxy) is 1. The van der Waals surface area contributed by atoms with Crippen LogP contribution in [0.25, 0.3) is 28.0 Å². The Morgan fingerprint density at radius 1 is 0.886 bits per heavy atom. The van der Waals surface area contributed by atoms with Gasteiger partial charge in [0.25, 0.3) is 0 Å². The lowest BCUT2D eigenvalue weighted by Gasteiger charge is -2.27. The molecule has 0 saturated carbocycles. The van der Waals surface area contributed by atoms with E-state index < -0.39 is 11.5 Å². The Labute approximate surface area is 203 Å². The molecule has 0 saturated heterocycles. The van der Waals surface area contributed by atoms with Crippen LogP contribution in [0.4, 0.5) is 0 Å². The molecule has 0 radical (unpaired) electrons. The summed E-state index contributed by atoms with van der Waals surface area (Å²) in [6.07, 6.45) is 1.57. The molecule has 6 aromatic rings. The minimum Gasteiger partial charge on any atom is -0.437 e. The number of halogens is 1. The number of aromatic nitrogens is 4. The molecule has 7 rings (SSSR count). The van der Waals surface area contributed by atoms with E-state index in [0.29, 0.717) is 50.2 Å². The maximum absolute atomic E-state index is 13.4. The number of hydrogen-bond donors (Lipinski definition) is 0. The van der Waals surface area contributed by atoms with Crippen molar-refractivity contribution in [2.45, 2.75) is 5.92 Å². The summed E-state index contributed by atoms with van der Waals surface area (Å²) in [5.41, 5.74) is 3.25. The van der Waals surface area contributed by atoms with Crippen molar-refractivity contribution >= 4 is 28.2 Å². The Hall–Kier alpha value is -4.49. The molecule has 3 aromatic carbocycles. The van der Waals surface area contributed by atoms with E-state index in [1.54, 1.807) is 29.0 Å². The number of benzene rings is 3. The average molecular weight is 479 g/mol. The summed E-state index contributed by atoms with van der Waals surface area (Å²) in [6, 6.07) is 24.3. The van der Waals surface area contributed by atoms with Gasteiger partial charge < -0.3 is 9.15 Å². The molecule has 168 valence electrons. The van der Waals surface area contributed by atoms with E-state index in [1.165, 1.54) is 0 Å². The van der Waals surface area contributed by atoms with Crippen LogP contribution in [0.2, 0.25) is 5.02 Å². The van der Waals surface area contributed by atoms with Crippen LogP contribution in [0.3, 0.4) is 0 Å². The van der Waals surface area contributed by atoms with Crippen LogP contribution in [-0.4, -0.2) is 19.6 Å². The maximum atomic E-state index is 13.4. The molecule has 3 aromatic heterocycles. The van der Waals surface area contributed by atoms with E-state index in [2.05, 4.69) is 10.1 Å². The molecule has 8 heteroatoms. The molecule has 1 atom stereocenters. The first-order valence-corrected chi connectivity index (χ1v) is 11.3. The largest absolute Gasteiger partial charge is 0.437 e. The zero-order chi connectivity index (χ0) is 23.5. The van der Waals surface area contributed by atoms with Crippen LogP contribution < -0.4 is 10.4 Å². The fraction of sp³-hybridized carbons (Fsp3) is 0.0370. The molecule has 0 bridgehead atoms. The van der Waals surface area contributed by atoms with Gasteiger partial charge in [-0.15, -0.1) is 5.10 Å². The van der Waals surface area contributed by atoms with Crippen LogP contribution in [0.15, 0.2) is 94.4 Å². The first-order valence-electron chi connectivity index (χ1n) is 11.0. The third kappa shape index (κ3) is 3.05. The Morgan fingerprint density at radius 3 is 2.49 bits per heavy atom. The van der Waals surface area contributed by atoms with E-state index in [-0.39, 0.29) is 0 Å². The summed E-state index contributed by atoms with van der Waals surface area (Å²) < 4.78 is 13.6. The van der Waals surface area contributed by atoms with Crippen molar-refractivity contribution in [2.24, 2.45) is 0 Å². The smallest absolute Gasteiger partial charge is 0.344 e. The van der Waals surface area contributed by atoms with Crippen molar-refractivity contribution in [3.63, 3.8) is 0 Å². The molecule has 1 aliphatic rings. The van der Waals surface area contributed by atoms with Gasteiger partial charge in [-0.1, -0.05) is 66.2 Å². The molecule has 4 heterocycles. The second kappa shape index (κ2) is 7.51. The third-order valence-corrected chi connectivity index (χ3v) is 6.45. The highest BCUT2D eigenvalue weighted by atomic mass is 35.5. The fourth-order valence-electron chi connectivity index (χ4n) is 4.63. The SMILES string of the molecule is O=c1oc2ccccc2c2c1C(c1ccc(Cl)cc1)c1c(ncn3nc(-c4ccccc4)nc13)O2. The lowest BCUT2D eigenvalue weighted by molar-refractivity contribution is 0.422. The molecule has 0 aliphatic carbocycles. The molecule has 7 nitrogen and oxygen atoms in total. The lowest BCUT2D eigenvalue weighted by Crippen LogP contribution is -2.22. The Balaban J connectivity index is 1.56. The van der Waals surface area contributed by atoms with Crippen LogP contribution in [0.1, 0.15) is 22.6 Å². The molecule has 1 unspecified atom stereocenters. The van der Waals surface area contributed by atoms with Crippen molar-refractivity contribution < 1.29 is 9.15 Å². The van der Waals surface area contributed by atoms with Gasteiger partial charge in [0, 0.05) is 10.6 Å². The van der Waals surface area contributed by atoms with Crippen LogP contribution >= 0.6 is 11.6 Å². The lowest BCUT2D eigenvalue weighted by atomic mass is 9.84. The van der Waals surface area contributed by atoms with E-state index in [0.717, 1.165) is 11.1 Å². The van der Waals surface area contributed by atoms with Gasteiger partial charge in [-0.3, -0.25) is 0 Å². The average Bonchev–Trinajstić information content (AvgIpc) is 3.33. The van der Waals surface area contributed by atoms with Gasteiger partial charge in [0.05, 0.1) is 22.4 Å². The highest BCUT2D eigenvalue weighted by Crippen LogP contribution is 2.48. The van der Waals surface area contributed by atoms with Gasteiger partial charge in [-0.2, -0.15) is 0 Å². The maximum Gasteiger partial charge on any atom is 0.344 e. The Kier molecular flexibility index (Phi) is 4.28. The molecule has 35 heavy (non-hydrogen) atoms. The van der Waals surface area contributed by atoms with Crippen molar-refractivity contribution in [1.29, 1.82) is 0 Å². The number of para-hydroxylation sites is 1. The second-order valence-electron chi connectivity index (χ2n) is 8.25. The predicted molar refractivity (Wildman–Crippen MR) is 131 cm³/mol. The third-order valence-electron chi connectivity index (χ3n) is 6.20. The molecule has 0 N–H and O–H groups in total. The van der Waals surface area contributed by atoms with Crippen molar-refractivity contribution in [2.75, 3.05) is 0 Å². The number of rotatable bonds is 2. The fourth-order valence-corrected chi connectivity index (χ4v) is 4.75. The highest BCUT2D eigenvalue weighted by Gasteiger charge is 2.37. The Bertz CT molecular complexity index is 1810. The van der Waals surface area contributed by atoms with E-state index in [1.807, 2.05) is 60.7 Å². The summed E-state index contributed by atoms with van der Waals surface area (Å²) >= 11 is 6.18. The second-order valence-corrected chi connectivity index (χ2v) is 8.68. The van der Waals surface area contributed by atoms with Gasteiger partial charge in [0.2, 0.25) is 5.88 Å². The Morgan fingerprint density at radius 2 is 1.66 bits per heavy atom. The van der Waals surface area contributed by atoms with Gasteiger partial charge in [0.1, 0.15) is 11.9 Å². The summed E-state index contributed by atoms with van der Waals surface area (Å²) in [5, 5.41) is 5.92.